The fourth-order valence-corrected chi connectivity index (χ4v) is 3.05. The van der Waals surface area contributed by atoms with Gasteiger partial charge in [-0.05, 0) is 19.1 Å². The highest BCUT2D eigenvalue weighted by molar-refractivity contribution is 6.35. The van der Waals surface area contributed by atoms with Gasteiger partial charge in [-0.3, -0.25) is 9.48 Å². The molecule has 0 saturated carbocycles. The maximum atomic E-state index is 13.0. The van der Waals surface area contributed by atoms with Crippen molar-refractivity contribution in [3.05, 3.63) is 51.3 Å². The fourth-order valence-electron chi connectivity index (χ4n) is 2.53. The lowest BCUT2D eigenvalue weighted by atomic mass is 10.0. The Labute approximate surface area is 161 Å². The maximum Gasteiger partial charge on any atom is 0.282 e. The number of nitrogens with zero attached hydrogens (tertiary/aromatic N) is 2. The van der Waals surface area contributed by atoms with Crippen LogP contribution in [0.4, 0.5) is 8.78 Å². The molecule has 0 aliphatic carbocycles. The number of hydrogen-bond donors (Lipinski definition) is 1. The molecule has 26 heavy (non-hydrogen) atoms. The van der Waals surface area contributed by atoms with Gasteiger partial charge in [-0.25, -0.2) is 8.78 Å². The van der Waals surface area contributed by atoms with Crippen molar-refractivity contribution in [3.8, 4) is 0 Å². The topological polar surface area (TPSA) is 56.1 Å². The van der Waals surface area contributed by atoms with Gasteiger partial charge in [0.05, 0.1) is 11.6 Å². The Kier molecular flexibility index (Phi) is 7.99. The van der Waals surface area contributed by atoms with Gasteiger partial charge in [0.1, 0.15) is 11.8 Å². The summed E-state index contributed by atoms with van der Waals surface area (Å²) in [6, 6.07) is 4.37. The number of carbonyl (C=O) groups is 1. The van der Waals surface area contributed by atoms with E-state index in [0.29, 0.717) is 15.6 Å². The molecule has 0 aliphatic rings. The zero-order valence-corrected chi connectivity index (χ0v) is 15.3. The summed E-state index contributed by atoms with van der Waals surface area (Å²) < 4.78 is 32.6. The van der Waals surface area contributed by atoms with E-state index in [1.807, 2.05) is 0 Å². The maximum absolute atomic E-state index is 13.0. The first-order chi connectivity index (χ1) is 11.7. The van der Waals surface area contributed by atoms with Crippen molar-refractivity contribution in [3.63, 3.8) is 0 Å². The third-order valence-electron chi connectivity index (χ3n) is 3.64. The molecular weight excluding hydrogens is 387 g/mol. The molecule has 2 rings (SSSR count). The quantitative estimate of drug-likeness (QED) is 0.747. The number of carbonyl (C=O) groups excluding carboxylic acids is 1. The first-order valence-electron chi connectivity index (χ1n) is 7.34. The predicted octanol–water partition coefficient (Wildman–Crippen LogP) is 4.81. The molecule has 2 aromatic rings. The number of halogens is 4. The minimum atomic E-state index is -2.85. The van der Waals surface area contributed by atoms with E-state index in [9.17, 15) is 13.6 Å². The van der Waals surface area contributed by atoms with Crippen molar-refractivity contribution in [1.82, 2.24) is 15.1 Å². The van der Waals surface area contributed by atoms with Crippen LogP contribution in [0.3, 0.4) is 0 Å². The van der Waals surface area contributed by atoms with Crippen LogP contribution >= 0.6 is 23.2 Å². The Morgan fingerprint density at radius 2 is 2.00 bits per heavy atom. The largest absolute Gasteiger partial charge is 0.375 e. The summed E-state index contributed by atoms with van der Waals surface area (Å²) in [5.41, 5.74) is -0.117. The third kappa shape index (κ3) is 4.93. The SMILES string of the molecule is C.COC(c1ccc(Cl)cc1Cl)C(C)NC(=O)c1cn(C)nc1C(F)F. The van der Waals surface area contributed by atoms with Gasteiger partial charge in [0.25, 0.3) is 12.3 Å². The lowest BCUT2D eigenvalue weighted by Gasteiger charge is -2.25. The second-order valence-electron chi connectivity index (χ2n) is 5.49. The van der Waals surface area contributed by atoms with Crippen molar-refractivity contribution in [1.29, 1.82) is 0 Å². The smallest absolute Gasteiger partial charge is 0.282 e. The van der Waals surface area contributed by atoms with Crippen LogP contribution in [0.1, 0.15) is 48.5 Å². The van der Waals surface area contributed by atoms with Gasteiger partial charge in [0.15, 0.2) is 0 Å². The van der Waals surface area contributed by atoms with Gasteiger partial charge in [-0.15, -0.1) is 0 Å². The zero-order chi connectivity index (χ0) is 18.7. The van der Waals surface area contributed by atoms with E-state index in [0.717, 1.165) is 0 Å². The molecule has 2 atom stereocenters. The van der Waals surface area contributed by atoms with Gasteiger partial charge < -0.3 is 10.1 Å². The van der Waals surface area contributed by atoms with Crippen LogP contribution in [0.2, 0.25) is 10.0 Å². The first kappa shape index (κ1) is 22.3. The fraction of sp³-hybridized carbons (Fsp3) is 0.412. The lowest BCUT2D eigenvalue weighted by Crippen LogP contribution is -2.38. The Hall–Kier alpha value is -1.70. The molecule has 1 aromatic heterocycles. The van der Waals surface area contributed by atoms with Gasteiger partial charge in [-0.1, -0.05) is 36.7 Å². The van der Waals surface area contributed by atoms with E-state index in [4.69, 9.17) is 27.9 Å². The van der Waals surface area contributed by atoms with Crippen LogP contribution in [-0.2, 0) is 11.8 Å². The number of ether oxygens (including phenoxy) is 1. The number of amides is 1. The summed E-state index contributed by atoms with van der Waals surface area (Å²) in [7, 11) is 2.93. The lowest BCUT2D eigenvalue weighted by molar-refractivity contribution is 0.0641. The molecule has 0 bridgehead atoms. The zero-order valence-electron chi connectivity index (χ0n) is 13.8. The summed E-state index contributed by atoms with van der Waals surface area (Å²) in [6.45, 7) is 1.69. The van der Waals surface area contributed by atoms with Gasteiger partial charge in [0, 0.05) is 36.0 Å². The molecule has 144 valence electrons. The van der Waals surface area contributed by atoms with Crippen LogP contribution in [0.25, 0.3) is 0 Å². The van der Waals surface area contributed by atoms with E-state index in [-0.39, 0.29) is 13.0 Å². The van der Waals surface area contributed by atoms with Crippen LogP contribution in [0.15, 0.2) is 24.4 Å². The van der Waals surface area contributed by atoms with Crippen LogP contribution in [0, 0.1) is 0 Å². The monoisotopic (exact) mass is 407 g/mol. The second kappa shape index (κ2) is 9.30. The number of hydrogen-bond acceptors (Lipinski definition) is 3. The normalized spacial score (nSPS) is 13.2. The van der Waals surface area contributed by atoms with Gasteiger partial charge in [0.2, 0.25) is 0 Å². The standard InChI is InChI=1S/C16H17Cl2F2N3O2.CH4/c1-8(14(25-3)10-5-4-9(17)6-12(10)18)21-16(24)11-7-23(2)22-13(11)15(19)20;/h4-8,14-15H,1-3H3,(H,21,24);1H4. The van der Waals surface area contributed by atoms with Gasteiger partial charge in [-0.2, -0.15) is 5.10 Å². The first-order valence-corrected chi connectivity index (χ1v) is 8.10. The molecule has 1 N–H and O–H groups in total. The highest BCUT2D eigenvalue weighted by atomic mass is 35.5. The van der Waals surface area contributed by atoms with Crippen molar-refractivity contribution < 1.29 is 18.3 Å². The van der Waals surface area contributed by atoms with E-state index in [1.54, 1.807) is 25.1 Å². The Morgan fingerprint density at radius 3 is 2.54 bits per heavy atom. The van der Waals surface area contributed by atoms with Crippen molar-refractivity contribution in [2.24, 2.45) is 7.05 Å². The Balaban J connectivity index is 0.00000338. The molecular formula is C17H21Cl2F2N3O2. The molecule has 0 radical (unpaired) electrons. The molecule has 1 aromatic carbocycles. The summed E-state index contributed by atoms with van der Waals surface area (Å²) in [5.74, 6) is -0.664. The average Bonchev–Trinajstić information content (AvgIpc) is 2.92. The van der Waals surface area contributed by atoms with Crippen LogP contribution in [0.5, 0.6) is 0 Å². The third-order valence-corrected chi connectivity index (χ3v) is 4.21. The van der Waals surface area contributed by atoms with Gasteiger partial charge >= 0.3 is 0 Å². The Morgan fingerprint density at radius 1 is 1.35 bits per heavy atom. The Bertz CT molecular complexity index is 768. The number of rotatable bonds is 6. The number of nitrogens with one attached hydrogen (secondary N) is 1. The molecule has 1 amide bonds. The number of aryl methyl sites for hydroxylation is 1. The predicted molar refractivity (Wildman–Crippen MR) is 98.0 cm³/mol. The molecule has 2 unspecified atom stereocenters. The van der Waals surface area contributed by atoms with Crippen molar-refractivity contribution in [2.75, 3.05) is 7.11 Å². The highest BCUT2D eigenvalue weighted by Crippen LogP contribution is 2.30. The second-order valence-corrected chi connectivity index (χ2v) is 6.33. The molecule has 0 spiro atoms. The van der Waals surface area contributed by atoms with E-state index >= 15 is 0 Å². The molecule has 9 heteroatoms. The number of benzene rings is 1. The van der Waals surface area contributed by atoms with E-state index in [2.05, 4.69) is 10.4 Å². The average molecular weight is 408 g/mol. The molecule has 5 nitrogen and oxygen atoms in total. The summed E-state index contributed by atoms with van der Waals surface area (Å²) in [5, 5.41) is 7.13. The minimum Gasteiger partial charge on any atom is -0.375 e. The molecule has 0 fully saturated rings. The van der Waals surface area contributed by atoms with Crippen molar-refractivity contribution in [2.45, 2.75) is 32.9 Å². The molecule has 1 heterocycles. The summed E-state index contributed by atoms with van der Waals surface area (Å²) in [4.78, 5) is 12.4. The summed E-state index contributed by atoms with van der Waals surface area (Å²) >= 11 is 12.1. The highest BCUT2D eigenvalue weighted by Gasteiger charge is 2.27. The van der Waals surface area contributed by atoms with Crippen LogP contribution < -0.4 is 5.32 Å². The molecule has 0 saturated heterocycles. The van der Waals surface area contributed by atoms with Crippen molar-refractivity contribution >= 4 is 29.1 Å². The molecule has 0 aliphatic heterocycles. The van der Waals surface area contributed by atoms with Crippen LogP contribution in [-0.4, -0.2) is 28.8 Å². The van der Waals surface area contributed by atoms with E-state index < -0.39 is 30.2 Å². The minimum absolute atomic E-state index is 0. The summed E-state index contributed by atoms with van der Waals surface area (Å²) in [6.07, 6.45) is -2.18. The number of alkyl halides is 2. The number of aromatic nitrogens is 2. The van der Waals surface area contributed by atoms with E-state index in [1.165, 1.54) is 25.0 Å². The number of methoxy groups -OCH3 is 1.